The van der Waals surface area contributed by atoms with Crippen molar-refractivity contribution < 1.29 is 9.18 Å². The Morgan fingerprint density at radius 1 is 1.32 bits per heavy atom. The minimum absolute atomic E-state index is 0.0499. The number of aromatic nitrogens is 1. The first-order chi connectivity index (χ1) is 8.99. The van der Waals surface area contributed by atoms with Gasteiger partial charge in [0.15, 0.2) is 0 Å². The molecule has 3 N–H and O–H groups in total. The molecule has 6 heteroatoms. The standard InChI is InChI=1S/C13H12FN3O2/c1-17-7-8(5-6-11(17)18)16-13(19)9-3-2-4-10(14)12(9)15/h2-7H,15H2,1H3,(H,16,19). The summed E-state index contributed by atoms with van der Waals surface area (Å²) in [4.78, 5) is 23.1. The molecule has 1 aromatic carbocycles. The summed E-state index contributed by atoms with van der Waals surface area (Å²) in [5.41, 5.74) is 5.58. The Kier molecular flexibility index (Phi) is 3.33. The lowest BCUT2D eigenvalue weighted by Gasteiger charge is -2.08. The average Bonchev–Trinajstić information content (AvgIpc) is 2.37. The molecule has 0 atom stereocenters. The molecule has 5 nitrogen and oxygen atoms in total. The van der Waals surface area contributed by atoms with E-state index in [1.807, 2.05) is 0 Å². The molecule has 0 aliphatic rings. The van der Waals surface area contributed by atoms with Crippen molar-refractivity contribution in [1.82, 2.24) is 4.57 Å². The molecule has 0 saturated heterocycles. The third-order valence-corrected chi connectivity index (χ3v) is 2.64. The van der Waals surface area contributed by atoms with Crippen LogP contribution in [-0.2, 0) is 7.05 Å². The number of pyridine rings is 1. The molecular formula is C13H12FN3O2. The van der Waals surface area contributed by atoms with E-state index in [4.69, 9.17) is 5.73 Å². The summed E-state index contributed by atoms with van der Waals surface area (Å²) in [6.07, 6.45) is 1.47. The molecule has 0 saturated carbocycles. The van der Waals surface area contributed by atoms with E-state index in [0.29, 0.717) is 5.69 Å². The van der Waals surface area contributed by atoms with Gasteiger partial charge in [-0.05, 0) is 18.2 Å². The van der Waals surface area contributed by atoms with Crippen LogP contribution < -0.4 is 16.6 Å². The van der Waals surface area contributed by atoms with E-state index < -0.39 is 11.7 Å². The van der Waals surface area contributed by atoms with Crippen molar-refractivity contribution in [2.24, 2.45) is 7.05 Å². The lowest BCUT2D eigenvalue weighted by atomic mass is 10.1. The number of benzene rings is 1. The summed E-state index contributed by atoms with van der Waals surface area (Å²) in [6.45, 7) is 0. The third kappa shape index (κ3) is 2.62. The number of hydrogen-bond donors (Lipinski definition) is 2. The highest BCUT2D eigenvalue weighted by Crippen LogP contribution is 2.17. The smallest absolute Gasteiger partial charge is 0.257 e. The number of hydrogen-bond acceptors (Lipinski definition) is 3. The molecule has 2 aromatic rings. The van der Waals surface area contributed by atoms with Crippen molar-refractivity contribution in [3.8, 4) is 0 Å². The molecular weight excluding hydrogens is 249 g/mol. The zero-order valence-corrected chi connectivity index (χ0v) is 10.2. The predicted octanol–water partition coefficient (Wildman–Crippen LogP) is 1.36. The Bertz CT molecular complexity index is 695. The molecule has 98 valence electrons. The van der Waals surface area contributed by atoms with Crippen molar-refractivity contribution in [3.63, 3.8) is 0 Å². The number of anilines is 2. The number of amides is 1. The van der Waals surface area contributed by atoms with E-state index in [9.17, 15) is 14.0 Å². The monoisotopic (exact) mass is 261 g/mol. The first-order valence-electron chi connectivity index (χ1n) is 5.51. The number of nitrogens with zero attached hydrogens (tertiary/aromatic N) is 1. The Hall–Kier alpha value is -2.63. The van der Waals surface area contributed by atoms with Gasteiger partial charge in [-0.25, -0.2) is 4.39 Å². The third-order valence-electron chi connectivity index (χ3n) is 2.64. The lowest BCUT2D eigenvalue weighted by Crippen LogP contribution is -2.19. The Labute approximate surface area is 108 Å². The van der Waals surface area contributed by atoms with Crippen LogP contribution in [0.5, 0.6) is 0 Å². The maximum Gasteiger partial charge on any atom is 0.257 e. The molecule has 0 aliphatic carbocycles. The number of para-hydroxylation sites is 1. The second-order valence-corrected chi connectivity index (χ2v) is 4.02. The SMILES string of the molecule is Cn1cc(NC(=O)c2cccc(F)c2N)ccc1=O. The van der Waals surface area contributed by atoms with Gasteiger partial charge in [0.2, 0.25) is 5.56 Å². The number of nitrogens with one attached hydrogen (secondary N) is 1. The van der Waals surface area contributed by atoms with Crippen molar-refractivity contribution in [1.29, 1.82) is 0 Å². The highest BCUT2D eigenvalue weighted by Gasteiger charge is 2.12. The predicted molar refractivity (Wildman–Crippen MR) is 70.4 cm³/mol. The summed E-state index contributed by atoms with van der Waals surface area (Å²) >= 11 is 0. The van der Waals surface area contributed by atoms with Gasteiger partial charge in [0, 0.05) is 19.3 Å². The van der Waals surface area contributed by atoms with Crippen LogP contribution in [0.25, 0.3) is 0 Å². The van der Waals surface area contributed by atoms with E-state index in [1.54, 1.807) is 7.05 Å². The van der Waals surface area contributed by atoms with Crippen LogP contribution in [0, 0.1) is 5.82 Å². The number of halogens is 1. The van der Waals surface area contributed by atoms with Crippen molar-refractivity contribution in [2.75, 3.05) is 11.1 Å². The quantitative estimate of drug-likeness (QED) is 0.801. The maximum absolute atomic E-state index is 13.2. The largest absolute Gasteiger partial charge is 0.396 e. The van der Waals surface area contributed by atoms with E-state index in [-0.39, 0.29) is 16.8 Å². The summed E-state index contributed by atoms with van der Waals surface area (Å²) < 4.78 is 14.6. The molecule has 1 aromatic heterocycles. The van der Waals surface area contributed by atoms with Gasteiger partial charge in [-0.3, -0.25) is 9.59 Å². The van der Waals surface area contributed by atoms with Gasteiger partial charge < -0.3 is 15.6 Å². The summed E-state index contributed by atoms with van der Waals surface area (Å²) in [6, 6.07) is 6.80. The molecule has 0 fully saturated rings. The lowest BCUT2D eigenvalue weighted by molar-refractivity contribution is 0.102. The van der Waals surface area contributed by atoms with Crippen LogP contribution in [0.3, 0.4) is 0 Å². The van der Waals surface area contributed by atoms with Gasteiger partial charge in [-0.1, -0.05) is 6.07 Å². The fourth-order valence-corrected chi connectivity index (χ4v) is 1.60. The number of aryl methyl sites for hydroxylation is 1. The summed E-state index contributed by atoms with van der Waals surface area (Å²) in [7, 11) is 1.56. The van der Waals surface area contributed by atoms with Crippen molar-refractivity contribution in [2.45, 2.75) is 0 Å². The number of carbonyl (C=O) groups excluding carboxylic acids is 1. The molecule has 0 aliphatic heterocycles. The molecule has 0 bridgehead atoms. The van der Waals surface area contributed by atoms with Gasteiger partial charge >= 0.3 is 0 Å². The number of nitrogen functional groups attached to an aromatic ring is 1. The van der Waals surface area contributed by atoms with E-state index in [1.165, 1.54) is 41.1 Å². The molecule has 0 spiro atoms. The molecule has 2 rings (SSSR count). The fourth-order valence-electron chi connectivity index (χ4n) is 1.60. The van der Waals surface area contributed by atoms with Gasteiger partial charge in [-0.2, -0.15) is 0 Å². The number of nitrogens with two attached hydrogens (primary N) is 1. The first kappa shape index (κ1) is 12.8. The molecule has 0 radical (unpaired) electrons. The number of carbonyl (C=O) groups is 1. The second kappa shape index (κ2) is 4.93. The molecule has 0 unspecified atom stereocenters. The van der Waals surface area contributed by atoms with Crippen molar-refractivity contribution >= 4 is 17.3 Å². The van der Waals surface area contributed by atoms with Gasteiger partial charge in [-0.15, -0.1) is 0 Å². The average molecular weight is 261 g/mol. The van der Waals surface area contributed by atoms with Crippen molar-refractivity contribution in [3.05, 3.63) is 58.3 Å². The van der Waals surface area contributed by atoms with E-state index >= 15 is 0 Å². The highest BCUT2D eigenvalue weighted by molar-refractivity contribution is 6.07. The van der Waals surface area contributed by atoms with Gasteiger partial charge in [0.05, 0.1) is 16.9 Å². The zero-order chi connectivity index (χ0) is 14.0. The molecule has 19 heavy (non-hydrogen) atoms. The summed E-state index contributed by atoms with van der Waals surface area (Å²) in [5, 5.41) is 2.55. The Morgan fingerprint density at radius 3 is 2.74 bits per heavy atom. The number of rotatable bonds is 2. The minimum atomic E-state index is -0.645. The molecule has 1 heterocycles. The normalized spacial score (nSPS) is 10.2. The zero-order valence-electron chi connectivity index (χ0n) is 10.2. The van der Waals surface area contributed by atoms with E-state index in [2.05, 4.69) is 5.32 Å². The van der Waals surface area contributed by atoms with Crippen LogP contribution in [-0.4, -0.2) is 10.5 Å². The van der Waals surface area contributed by atoms with Gasteiger partial charge in [0.25, 0.3) is 5.91 Å². The maximum atomic E-state index is 13.2. The second-order valence-electron chi connectivity index (χ2n) is 4.02. The van der Waals surface area contributed by atoms with Crippen LogP contribution in [0.2, 0.25) is 0 Å². The summed E-state index contributed by atoms with van der Waals surface area (Å²) in [5.74, 6) is -1.18. The topological polar surface area (TPSA) is 77.1 Å². The minimum Gasteiger partial charge on any atom is -0.396 e. The highest BCUT2D eigenvalue weighted by atomic mass is 19.1. The Morgan fingerprint density at radius 2 is 2.05 bits per heavy atom. The fraction of sp³-hybridized carbons (Fsp3) is 0.0769. The Balaban J connectivity index is 2.28. The van der Waals surface area contributed by atoms with Crippen LogP contribution in [0.4, 0.5) is 15.8 Å². The first-order valence-corrected chi connectivity index (χ1v) is 5.51. The van der Waals surface area contributed by atoms with E-state index in [0.717, 1.165) is 0 Å². The van der Waals surface area contributed by atoms with Crippen LogP contribution in [0.1, 0.15) is 10.4 Å². The van der Waals surface area contributed by atoms with Crippen LogP contribution in [0.15, 0.2) is 41.3 Å². The van der Waals surface area contributed by atoms with Crippen LogP contribution >= 0.6 is 0 Å². The molecule has 1 amide bonds. The van der Waals surface area contributed by atoms with Gasteiger partial charge in [0.1, 0.15) is 5.82 Å².